The first-order valence-electron chi connectivity index (χ1n) is 7.49. The zero-order chi connectivity index (χ0) is 14.5. The van der Waals surface area contributed by atoms with Gasteiger partial charge in [-0.3, -0.25) is 14.5 Å². The largest absolute Gasteiger partial charge is 0.481 e. The summed E-state index contributed by atoms with van der Waals surface area (Å²) >= 11 is 0. The van der Waals surface area contributed by atoms with Crippen LogP contribution in [0.5, 0.6) is 0 Å². The Morgan fingerprint density at radius 2 is 1.85 bits per heavy atom. The minimum atomic E-state index is -0.873. The molecule has 0 aromatic carbocycles. The van der Waals surface area contributed by atoms with E-state index in [-0.39, 0.29) is 5.91 Å². The summed E-state index contributed by atoms with van der Waals surface area (Å²) in [6.45, 7) is 4.91. The fraction of sp³-hybridized carbons (Fsp3) is 0.733. The molecule has 1 fully saturated rings. The highest BCUT2D eigenvalue weighted by atomic mass is 16.4. The second-order valence-electron chi connectivity index (χ2n) is 5.83. The lowest BCUT2D eigenvalue weighted by Gasteiger charge is -2.27. The molecule has 0 radical (unpaired) electrons. The maximum atomic E-state index is 12.2. The molecular weight excluding hydrogens is 256 g/mol. The molecule has 2 rings (SSSR count). The van der Waals surface area contributed by atoms with Gasteiger partial charge in [0.05, 0.1) is 11.8 Å². The Morgan fingerprint density at radius 1 is 1.25 bits per heavy atom. The maximum Gasteiger partial charge on any atom is 0.307 e. The van der Waals surface area contributed by atoms with E-state index in [0.29, 0.717) is 25.4 Å². The number of carbonyl (C=O) groups is 2. The number of likely N-dealkylation sites (tertiary alicyclic amines) is 1. The number of aliphatic carboxylic acids is 1. The third kappa shape index (κ3) is 3.60. The van der Waals surface area contributed by atoms with E-state index in [4.69, 9.17) is 0 Å². The van der Waals surface area contributed by atoms with Gasteiger partial charge in [-0.25, -0.2) is 0 Å². The number of amides is 1. The van der Waals surface area contributed by atoms with E-state index in [1.807, 2.05) is 12.2 Å². The van der Waals surface area contributed by atoms with Gasteiger partial charge in [0.25, 0.3) is 0 Å². The van der Waals surface area contributed by atoms with E-state index in [1.165, 1.54) is 12.8 Å². The maximum absolute atomic E-state index is 12.2. The first kappa shape index (κ1) is 15.0. The molecule has 0 saturated carbocycles. The van der Waals surface area contributed by atoms with Crippen LogP contribution in [0, 0.1) is 11.8 Å². The van der Waals surface area contributed by atoms with Crippen LogP contribution in [0.3, 0.4) is 0 Å². The molecule has 1 amide bonds. The molecule has 112 valence electrons. The second-order valence-corrected chi connectivity index (χ2v) is 5.83. The van der Waals surface area contributed by atoms with Crippen LogP contribution in [0.25, 0.3) is 0 Å². The van der Waals surface area contributed by atoms with Gasteiger partial charge >= 0.3 is 5.97 Å². The third-order valence-corrected chi connectivity index (χ3v) is 4.42. The highest BCUT2D eigenvalue weighted by Gasteiger charge is 2.34. The van der Waals surface area contributed by atoms with Gasteiger partial charge in [-0.1, -0.05) is 12.2 Å². The fourth-order valence-electron chi connectivity index (χ4n) is 3.07. The number of allylic oxidation sites excluding steroid dienone is 2. The quantitative estimate of drug-likeness (QED) is 0.744. The number of hydrogen-bond acceptors (Lipinski definition) is 3. The SMILES string of the molecule is CC(CNC(=O)[C@@H]1CC=CC[C@@H]1C(=O)O)N1CCCC1. The number of rotatable bonds is 5. The summed E-state index contributed by atoms with van der Waals surface area (Å²) in [7, 11) is 0. The lowest BCUT2D eigenvalue weighted by molar-refractivity contribution is -0.147. The Balaban J connectivity index is 1.84. The van der Waals surface area contributed by atoms with Gasteiger partial charge in [0.1, 0.15) is 0 Å². The van der Waals surface area contributed by atoms with Crippen LogP contribution in [-0.2, 0) is 9.59 Å². The van der Waals surface area contributed by atoms with E-state index >= 15 is 0 Å². The molecule has 2 N–H and O–H groups in total. The van der Waals surface area contributed by atoms with Crippen LogP contribution in [0.4, 0.5) is 0 Å². The second kappa shape index (κ2) is 6.88. The van der Waals surface area contributed by atoms with Crippen molar-refractivity contribution in [2.75, 3.05) is 19.6 Å². The molecule has 1 heterocycles. The Bertz CT molecular complexity index is 389. The summed E-state index contributed by atoms with van der Waals surface area (Å²) in [4.78, 5) is 25.8. The topological polar surface area (TPSA) is 69.6 Å². The standard InChI is InChI=1S/C15H24N2O3/c1-11(17-8-4-5-9-17)10-16-14(18)12-6-2-3-7-13(12)15(19)20/h2-3,11-13H,4-10H2,1H3,(H,16,18)(H,19,20)/t11?,12-,13+/m1/s1. The minimum absolute atomic E-state index is 0.118. The predicted octanol–water partition coefficient (Wildman–Crippen LogP) is 1.25. The molecule has 2 aliphatic rings. The Kier molecular flexibility index (Phi) is 5.17. The molecule has 1 aliphatic heterocycles. The predicted molar refractivity (Wildman–Crippen MR) is 76.3 cm³/mol. The molecule has 1 unspecified atom stereocenters. The molecule has 1 aliphatic carbocycles. The van der Waals surface area contributed by atoms with Gasteiger partial charge in [-0.05, 0) is 45.7 Å². The van der Waals surface area contributed by atoms with Crippen molar-refractivity contribution < 1.29 is 14.7 Å². The minimum Gasteiger partial charge on any atom is -0.481 e. The number of carbonyl (C=O) groups excluding carboxylic acids is 1. The van der Waals surface area contributed by atoms with Gasteiger partial charge in [0.2, 0.25) is 5.91 Å². The lowest BCUT2D eigenvalue weighted by Crippen LogP contribution is -2.45. The number of hydrogen-bond donors (Lipinski definition) is 2. The third-order valence-electron chi connectivity index (χ3n) is 4.42. The normalized spacial score (nSPS) is 28.2. The van der Waals surface area contributed by atoms with Crippen molar-refractivity contribution in [3.63, 3.8) is 0 Å². The highest BCUT2D eigenvalue weighted by Crippen LogP contribution is 2.26. The molecule has 0 aromatic rings. The zero-order valence-corrected chi connectivity index (χ0v) is 12.0. The average molecular weight is 280 g/mol. The fourth-order valence-corrected chi connectivity index (χ4v) is 3.07. The summed E-state index contributed by atoms with van der Waals surface area (Å²) in [5, 5.41) is 12.1. The van der Waals surface area contributed by atoms with Crippen molar-refractivity contribution in [1.29, 1.82) is 0 Å². The molecule has 5 nitrogen and oxygen atoms in total. The number of nitrogens with zero attached hydrogens (tertiary/aromatic N) is 1. The Labute approximate surface area is 120 Å². The molecule has 20 heavy (non-hydrogen) atoms. The van der Waals surface area contributed by atoms with E-state index in [1.54, 1.807) is 0 Å². The molecule has 0 aromatic heterocycles. The van der Waals surface area contributed by atoms with Crippen LogP contribution in [0.15, 0.2) is 12.2 Å². The van der Waals surface area contributed by atoms with E-state index in [9.17, 15) is 14.7 Å². The van der Waals surface area contributed by atoms with Gasteiger partial charge in [-0.15, -0.1) is 0 Å². The number of carboxylic acids is 1. The number of nitrogens with one attached hydrogen (secondary N) is 1. The Morgan fingerprint density at radius 3 is 2.45 bits per heavy atom. The van der Waals surface area contributed by atoms with E-state index in [0.717, 1.165) is 13.1 Å². The zero-order valence-electron chi connectivity index (χ0n) is 12.0. The van der Waals surface area contributed by atoms with Crippen LogP contribution in [0.2, 0.25) is 0 Å². The van der Waals surface area contributed by atoms with Gasteiger partial charge in [0.15, 0.2) is 0 Å². The monoisotopic (exact) mass is 280 g/mol. The average Bonchev–Trinajstić information content (AvgIpc) is 2.98. The molecule has 0 bridgehead atoms. The molecular formula is C15H24N2O3. The summed E-state index contributed by atoms with van der Waals surface area (Å²) in [5.74, 6) is -2.00. The smallest absolute Gasteiger partial charge is 0.307 e. The first-order valence-corrected chi connectivity index (χ1v) is 7.49. The van der Waals surface area contributed by atoms with Crippen LogP contribution < -0.4 is 5.32 Å². The van der Waals surface area contributed by atoms with Gasteiger partial charge < -0.3 is 10.4 Å². The molecule has 1 saturated heterocycles. The molecule has 3 atom stereocenters. The Hall–Kier alpha value is -1.36. The van der Waals surface area contributed by atoms with Crippen LogP contribution in [0.1, 0.15) is 32.6 Å². The summed E-state index contributed by atoms with van der Waals surface area (Å²) in [6, 6.07) is 0.323. The first-order chi connectivity index (χ1) is 9.59. The highest BCUT2D eigenvalue weighted by molar-refractivity contribution is 5.85. The van der Waals surface area contributed by atoms with Crippen molar-refractivity contribution in [2.45, 2.75) is 38.6 Å². The number of carboxylic acid groups (broad SMARTS) is 1. The van der Waals surface area contributed by atoms with Gasteiger partial charge in [-0.2, -0.15) is 0 Å². The van der Waals surface area contributed by atoms with Crippen molar-refractivity contribution in [1.82, 2.24) is 10.2 Å². The molecule has 5 heteroatoms. The summed E-state index contributed by atoms with van der Waals surface area (Å²) in [5.41, 5.74) is 0. The summed E-state index contributed by atoms with van der Waals surface area (Å²) < 4.78 is 0. The van der Waals surface area contributed by atoms with E-state index in [2.05, 4.69) is 17.1 Å². The summed E-state index contributed by atoms with van der Waals surface area (Å²) in [6.07, 6.45) is 7.21. The van der Waals surface area contributed by atoms with Crippen molar-refractivity contribution >= 4 is 11.9 Å². The van der Waals surface area contributed by atoms with Crippen molar-refractivity contribution in [2.24, 2.45) is 11.8 Å². The van der Waals surface area contributed by atoms with Crippen LogP contribution in [-0.4, -0.2) is 47.6 Å². The van der Waals surface area contributed by atoms with Crippen molar-refractivity contribution in [3.05, 3.63) is 12.2 Å². The lowest BCUT2D eigenvalue weighted by atomic mass is 9.82. The van der Waals surface area contributed by atoms with Gasteiger partial charge in [0, 0.05) is 12.6 Å². The van der Waals surface area contributed by atoms with Crippen molar-refractivity contribution in [3.8, 4) is 0 Å². The van der Waals surface area contributed by atoms with Crippen LogP contribution >= 0.6 is 0 Å². The molecule has 0 spiro atoms. The van der Waals surface area contributed by atoms with E-state index < -0.39 is 17.8 Å².